The Labute approximate surface area is 158 Å². The summed E-state index contributed by atoms with van der Waals surface area (Å²) in [5, 5.41) is 6.22. The molecule has 2 aromatic carbocycles. The second-order valence-corrected chi connectivity index (χ2v) is 6.06. The molecule has 0 bridgehead atoms. The van der Waals surface area contributed by atoms with Crippen LogP contribution in [0.4, 0.5) is 8.78 Å². The summed E-state index contributed by atoms with van der Waals surface area (Å²) in [6.07, 6.45) is -0.169. The zero-order valence-corrected chi connectivity index (χ0v) is 15.9. The summed E-state index contributed by atoms with van der Waals surface area (Å²) < 4.78 is 38.1. The van der Waals surface area contributed by atoms with Crippen molar-refractivity contribution in [2.75, 3.05) is 20.7 Å². The lowest BCUT2D eigenvalue weighted by atomic mass is 10.1. The molecule has 7 heteroatoms. The van der Waals surface area contributed by atoms with E-state index in [-0.39, 0.29) is 12.1 Å². The molecule has 0 radical (unpaired) electrons. The molecule has 2 rings (SSSR count). The van der Waals surface area contributed by atoms with Crippen molar-refractivity contribution in [3.05, 3.63) is 59.7 Å². The quantitative estimate of drug-likeness (QED) is 0.571. The zero-order valence-electron chi connectivity index (χ0n) is 15.9. The van der Waals surface area contributed by atoms with E-state index in [1.807, 2.05) is 31.2 Å². The summed E-state index contributed by atoms with van der Waals surface area (Å²) in [6, 6.07) is 10.5. The Balaban J connectivity index is 1.91. The van der Waals surface area contributed by atoms with Crippen molar-refractivity contribution in [1.29, 1.82) is 0 Å². The molecule has 0 aromatic heterocycles. The Morgan fingerprint density at radius 3 is 2.44 bits per heavy atom. The molecule has 0 spiro atoms. The number of nitrogens with one attached hydrogen (secondary N) is 2. The third-order valence-electron chi connectivity index (χ3n) is 3.96. The number of rotatable bonds is 7. The highest BCUT2D eigenvalue weighted by Crippen LogP contribution is 2.26. The molecule has 0 aliphatic carbocycles. The largest absolute Gasteiger partial charge is 0.493 e. The number of methoxy groups -OCH3 is 1. The molecule has 0 aliphatic heterocycles. The molecule has 0 saturated heterocycles. The summed E-state index contributed by atoms with van der Waals surface area (Å²) in [4.78, 5) is 4.13. The van der Waals surface area contributed by atoms with Gasteiger partial charge in [0.2, 0.25) is 0 Å². The highest BCUT2D eigenvalue weighted by molar-refractivity contribution is 5.80. The van der Waals surface area contributed by atoms with Gasteiger partial charge in [0.15, 0.2) is 17.5 Å². The first-order chi connectivity index (χ1) is 12.9. The maximum absolute atomic E-state index is 13.9. The van der Waals surface area contributed by atoms with Crippen LogP contribution in [0.5, 0.6) is 11.5 Å². The molecule has 2 aromatic rings. The molecular formula is C20H25F2N3O2. The zero-order chi connectivity index (χ0) is 19.8. The molecule has 2 N–H and O–H groups in total. The third kappa shape index (κ3) is 5.84. The summed E-state index contributed by atoms with van der Waals surface area (Å²) in [6.45, 7) is 4.16. The van der Waals surface area contributed by atoms with Gasteiger partial charge in [0.05, 0.1) is 19.7 Å². The highest BCUT2D eigenvalue weighted by Gasteiger charge is 2.14. The lowest BCUT2D eigenvalue weighted by Crippen LogP contribution is -2.42. The second-order valence-electron chi connectivity index (χ2n) is 6.06. The summed E-state index contributed by atoms with van der Waals surface area (Å²) in [7, 11) is 3.21. The van der Waals surface area contributed by atoms with Gasteiger partial charge in [-0.25, -0.2) is 8.78 Å². The number of ether oxygens (including phenoxy) is 2. The van der Waals surface area contributed by atoms with Crippen LogP contribution >= 0.6 is 0 Å². The van der Waals surface area contributed by atoms with Crippen LogP contribution in [0.1, 0.15) is 25.5 Å². The van der Waals surface area contributed by atoms with Gasteiger partial charge in [-0.2, -0.15) is 0 Å². The Kier molecular flexibility index (Phi) is 7.40. The van der Waals surface area contributed by atoms with Crippen molar-refractivity contribution in [2.24, 2.45) is 4.99 Å². The molecule has 5 nitrogen and oxygen atoms in total. The van der Waals surface area contributed by atoms with Gasteiger partial charge < -0.3 is 20.1 Å². The minimum Gasteiger partial charge on any atom is -0.493 e. The predicted octanol–water partition coefficient (Wildman–Crippen LogP) is 3.67. The number of aliphatic imine (C=N–C) groups is 1. The van der Waals surface area contributed by atoms with Gasteiger partial charge >= 0.3 is 0 Å². The van der Waals surface area contributed by atoms with Gasteiger partial charge in [-0.15, -0.1) is 0 Å². The van der Waals surface area contributed by atoms with Crippen LogP contribution in [0.2, 0.25) is 0 Å². The van der Waals surface area contributed by atoms with E-state index in [1.54, 1.807) is 21.1 Å². The maximum Gasteiger partial charge on any atom is 0.191 e. The van der Waals surface area contributed by atoms with Crippen LogP contribution in [0.25, 0.3) is 0 Å². The van der Waals surface area contributed by atoms with Crippen LogP contribution in [0, 0.1) is 11.6 Å². The van der Waals surface area contributed by atoms with Crippen molar-refractivity contribution in [1.82, 2.24) is 10.6 Å². The summed E-state index contributed by atoms with van der Waals surface area (Å²) in [5.74, 6) is 0.597. The Morgan fingerprint density at radius 1 is 1.11 bits per heavy atom. The lowest BCUT2D eigenvalue weighted by Gasteiger charge is -2.21. The number of nitrogens with zero attached hydrogens (tertiary/aromatic N) is 1. The van der Waals surface area contributed by atoms with E-state index < -0.39 is 11.6 Å². The van der Waals surface area contributed by atoms with Crippen molar-refractivity contribution in [3.8, 4) is 11.5 Å². The lowest BCUT2D eigenvalue weighted by molar-refractivity contribution is 0.213. The van der Waals surface area contributed by atoms with E-state index in [2.05, 4.69) is 15.6 Å². The number of halogens is 2. The van der Waals surface area contributed by atoms with Gasteiger partial charge in [0.1, 0.15) is 17.7 Å². The Hall–Kier alpha value is -2.83. The summed E-state index contributed by atoms with van der Waals surface area (Å²) >= 11 is 0. The molecule has 146 valence electrons. The molecule has 27 heavy (non-hydrogen) atoms. The first kappa shape index (κ1) is 20.5. The Morgan fingerprint density at radius 2 is 1.81 bits per heavy atom. The molecule has 2 unspecified atom stereocenters. The van der Waals surface area contributed by atoms with Crippen LogP contribution in [0.3, 0.4) is 0 Å². The van der Waals surface area contributed by atoms with Crippen molar-refractivity contribution in [2.45, 2.75) is 26.0 Å². The first-order valence-corrected chi connectivity index (χ1v) is 8.66. The third-order valence-corrected chi connectivity index (χ3v) is 3.96. The first-order valence-electron chi connectivity index (χ1n) is 8.66. The van der Waals surface area contributed by atoms with Crippen LogP contribution in [-0.2, 0) is 0 Å². The summed E-state index contributed by atoms with van der Waals surface area (Å²) in [5.41, 5.74) is 0.359. The Bertz CT molecular complexity index is 784. The molecular weight excluding hydrogens is 352 g/mol. The monoisotopic (exact) mass is 377 g/mol. The average Bonchev–Trinajstić information content (AvgIpc) is 2.65. The molecule has 0 saturated carbocycles. The van der Waals surface area contributed by atoms with E-state index in [4.69, 9.17) is 9.47 Å². The number of benzene rings is 2. The van der Waals surface area contributed by atoms with E-state index in [0.29, 0.717) is 29.6 Å². The fraction of sp³-hybridized carbons (Fsp3) is 0.350. The van der Waals surface area contributed by atoms with Gasteiger partial charge in [-0.3, -0.25) is 4.99 Å². The van der Waals surface area contributed by atoms with Gasteiger partial charge in [0.25, 0.3) is 0 Å². The number of hydrogen-bond acceptors (Lipinski definition) is 3. The molecule has 0 heterocycles. The fourth-order valence-electron chi connectivity index (χ4n) is 2.55. The smallest absolute Gasteiger partial charge is 0.191 e. The topological polar surface area (TPSA) is 54.9 Å². The van der Waals surface area contributed by atoms with Gasteiger partial charge in [-0.05, 0) is 32.0 Å². The maximum atomic E-state index is 13.9. The van der Waals surface area contributed by atoms with Crippen LogP contribution < -0.4 is 20.1 Å². The number of hydrogen-bond donors (Lipinski definition) is 2. The van der Waals surface area contributed by atoms with E-state index in [0.717, 1.165) is 6.07 Å². The van der Waals surface area contributed by atoms with Crippen molar-refractivity contribution >= 4 is 5.96 Å². The highest BCUT2D eigenvalue weighted by atomic mass is 19.1. The average molecular weight is 377 g/mol. The predicted molar refractivity (Wildman–Crippen MR) is 102 cm³/mol. The van der Waals surface area contributed by atoms with Crippen molar-refractivity contribution in [3.63, 3.8) is 0 Å². The number of guanidine groups is 1. The minimum absolute atomic E-state index is 0.169. The minimum atomic E-state index is -0.603. The molecule has 0 aliphatic rings. The molecule has 0 amide bonds. The van der Waals surface area contributed by atoms with Gasteiger partial charge in [-0.1, -0.05) is 18.2 Å². The fourth-order valence-corrected chi connectivity index (χ4v) is 2.55. The van der Waals surface area contributed by atoms with Crippen LogP contribution in [0.15, 0.2) is 47.5 Å². The SMILES string of the molecule is CN=C(NCC(C)Oc1ccccc1OC)NC(C)c1ccc(F)cc1F. The second kappa shape index (κ2) is 9.75. The van der Waals surface area contributed by atoms with E-state index in [9.17, 15) is 8.78 Å². The molecule has 2 atom stereocenters. The number of para-hydroxylation sites is 2. The van der Waals surface area contributed by atoms with Gasteiger partial charge in [0, 0.05) is 18.7 Å². The van der Waals surface area contributed by atoms with Crippen LogP contribution in [-0.4, -0.2) is 32.8 Å². The molecule has 0 fully saturated rings. The van der Waals surface area contributed by atoms with E-state index in [1.165, 1.54) is 12.1 Å². The standard InChI is InChI=1S/C20H25F2N3O2/c1-13(27-19-8-6-5-7-18(19)26-4)12-24-20(23-3)25-14(2)16-10-9-15(21)11-17(16)22/h5-11,13-14H,12H2,1-4H3,(H2,23,24,25). The van der Waals surface area contributed by atoms with Crippen molar-refractivity contribution < 1.29 is 18.3 Å². The normalized spacial score (nSPS) is 13.6. The van der Waals surface area contributed by atoms with E-state index >= 15 is 0 Å².